The van der Waals surface area contributed by atoms with Gasteiger partial charge in [0.25, 0.3) is 0 Å². The van der Waals surface area contributed by atoms with Crippen LogP contribution in [-0.4, -0.2) is 45.6 Å². The number of amides is 1. The molecule has 1 atom stereocenters. The third-order valence-electron chi connectivity index (χ3n) is 6.30. The van der Waals surface area contributed by atoms with E-state index in [4.69, 9.17) is 14.0 Å². The van der Waals surface area contributed by atoms with Crippen molar-refractivity contribution >= 4 is 23.0 Å². The number of para-hydroxylation sites is 2. The number of rotatable bonds is 11. The van der Waals surface area contributed by atoms with E-state index in [1.54, 1.807) is 27.9 Å². The summed E-state index contributed by atoms with van der Waals surface area (Å²) in [5, 5.41) is 17.4. The number of methoxy groups -OCH3 is 1. The van der Waals surface area contributed by atoms with Crippen molar-refractivity contribution in [2.45, 2.75) is 64.6 Å². The summed E-state index contributed by atoms with van der Waals surface area (Å²) in [4.78, 5) is 24.1. The predicted octanol–water partition coefficient (Wildman–Crippen LogP) is 5.85. The number of hydrogen-bond acceptors (Lipinski definition) is 6. The number of aromatic nitrogens is 2. The zero-order chi connectivity index (χ0) is 28.0. The van der Waals surface area contributed by atoms with Gasteiger partial charge >= 0.3 is 12.1 Å². The topological polar surface area (TPSA) is 116 Å². The lowest BCUT2D eigenvalue weighted by Crippen LogP contribution is -2.44. The second kappa shape index (κ2) is 12.1. The van der Waals surface area contributed by atoms with Crippen LogP contribution in [0.15, 0.2) is 65.3 Å². The average Bonchev–Trinajstić information content (AvgIpc) is 3.50. The fourth-order valence-electron chi connectivity index (χ4n) is 4.54. The molecule has 0 aliphatic carbocycles. The van der Waals surface area contributed by atoms with Crippen LogP contribution in [0.1, 0.15) is 44.9 Å². The highest BCUT2D eigenvalue weighted by atomic mass is 16.6. The van der Waals surface area contributed by atoms with Gasteiger partial charge in [0, 0.05) is 48.1 Å². The van der Waals surface area contributed by atoms with E-state index in [2.05, 4.69) is 15.0 Å². The number of benzene rings is 2. The van der Waals surface area contributed by atoms with Crippen LogP contribution in [0.3, 0.4) is 0 Å². The zero-order valence-electron chi connectivity index (χ0n) is 22.8. The number of carbonyl (C=O) groups excluding carboxylic acids is 1. The molecule has 2 N–H and O–H groups in total. The number of nitrogens with one attached hydrogen (secondary N) is 1. The van der Waals surface area contributed by atoms with Crippen molar-refractivity contribution in [1.82, 2.24) is 15.0 Å². The minimum atomic E-state index is -1.11. The molecule has 2 aromatic heterocycles. The van der Waals surface area contributed by atoms with E-state index < -0.39 is 23.7 Å². The fraction of sp³-hybridized carbons (Fsp3) is 0.367. The predicted molar refractivity (Wildman–Crippen MR) is 148 cm³/mol. The molecule has 0 aliphatic heterocycles. The lowest BCUT2D eigenvalue weighted by molar-refractivity contribution is -0.139. The highest BCUT2D eigenvalue weighted by Gasteiger charge is 2.25. The maximum atomic E-state index is 12.2. The molecule has 0 saturated heterocycles. The lowest BCUT2D eigenvalue weighted by Gasteiger charge is -2.22. The van der Waals surface area contributed by atoms with Crippen LogP contribution < -0.4 is 10.1 Å². The van der Waals surface area contributed by atoms with Crippen molar-refractivity contribution < 1.29 is 28.7 Å². The molecule has 2 aromatic carbocycles. The van der Waals surface area contributed by atoms with Crippen LogP contribution in [0.4, 0.5) is 4.79 Å². The quantitative estimate of drug-likeness (QED) is 0.232. The minimum absolute atomic E-state index is 0.145. The van der Waals surface area contributed by atoms with Gasteiger partial charge in [0.2, 0.25) is 0 Å². The molecule has 0 fully saturated rings. The standard InChI is InChI=1S/C30H35N3O6/c1-30(2,3)38-29(36)31-25(28(34)35)17-20-19-33(26-14-7-5-12-22(20)26)16-10-9-11-21-18-24(32-39-21)23-13-6-8-15-27(23)37-4/h5-8,12-15,18-19,25H,9-11,16-17H2,1-4H3,(H,31,36)(H,34,35)/t25-/m0/s1. The monoisotopic (exact) mass is 533 g/mol. The number of unbranched alkanes of at least 4 members (excludes halogenated alkanes) is 1. The van der Waals surface area contributed by atoms with Gasteiger partial charge in [0.05, 0.1) is 7.11 Å². The Balaban J connectivity index is 1.39. The van der Waals surface area contributed by atoms with Crippen LogP contribution >= 0.6 is 0 Å². The van der Waals surface area contributed by atoms with E-state index in [0.717, 1.165) is 65.0 Å². The molecule has 0 bridgehead atoms. The highest BCUT2D eigenvalue weighted by molar-refractivity contribution is 5.86. The Labute approximate surface area is 227 Å². The van der Waals surface area contributed by atoms with Crippen molar-refractivity contribution in [3.63, 3.8) is 0 Å². The number of fused-ring (bicyclic) bond motifs is 1. The van der Waals surface area contributed by atoms with Crippen LogP contribution in [0, 0.1) is 0 Å². The van der Waals surface area contributed by atoms with Crippen LogP contribution in [0.2, 0.25) is 0 Å². The summed E-state index contributed by atoms with van der Waals surface area (Å²) in [6, 6.07) is 16.4. The SMILES string of the molecule is COc1ccccc1-c1cc(CCCCn2cc(C[C@H](NC(=O)OC(C)(C)C)C(=O)O)c3ccccc32)on1. The maximum absolute atomic E-state index is 12.2. The summed E-state index contributed by atoms with van der Waals surface area (Å²) < 4.78 is 18.4. The number of hydrogen-bond donors (Lipinski definition) is 2. The number of nitrogens with zero attached hydrogens (tertiary/aromatic N) is 2. The minimum Gasteiger partial charge on any atom is -0.496 e. The first-order chi connectivity index (χ1) is 18.6. The molecule has 39 heavy (non-hydrogen) atoms. The summed E-state index contributed by atoms with van der Waals surface area (Å²) in [5.74, 6) is 0.447. The Hall–Kier alpha value is -4.27. The number of carboxylic acids is 1. The molecule has 1 amide bonds. The van der Waals surface area contributed by atoms with E-state index in [1.165, 1.54) is 0 Å². The van der Waals surface area contributed by atoms with E-state index in [1.807, 2.05) is 60.8 Å². The molecule has 0 unspecified atom stereocenters. The van der Waals surface area contributed by atoms with Crippen molar-refractivity contribution in [2.24, 2.45) is 0 Å². The third kappa shape index (κ3) is 7.19. The van der Waals surface area contributed by atoms with Gasteiger partial charge in [-0.1, -0.05) is 35.5 Å². The summed E-state index contributed by atoms with van der Waals surface area (Å²) in [6.07, 6.45) is 3.90. The van der Waals surface area contributed by atoms with E-state index in [9.17, 15) is 14.7 Å². The Bertz CT molecular complexity index is 1430. The summed E-state index contributed by atoms with van der Waals surface area (Å²) in [5.41, 5.74) is 2.79. The number of aliphatic carboxylic acids is 1. The molecule has 9 heteroatoms. The Morgan fingerprint density at radius 1 is 1.10 bits per heavy atom. The second-order valence-electron chi connectivity index (χ2n) is 10.4. The number of carbonyl (C=O) groups is 2. The van der Waals surface area contributed by atoms with Gasteiger partial charge in [-0.15, -0.1) is 0 Å². The van der Waals surface area contributed by atoms with Gasteiger partial charge in [-0.2, -0.15) is 0 Å². The van der Waals surface area contributed by atoms with Crippen LogP contribution in [0.25, 0.3) is 22.2 Å². The Kier molecular flexibility index (Phi) is 8.59. The van der Waals surface area contributed by atoms with Crippen LogP contribution in [0.5, 0.6) is 5.75 Å². The van der Waals surface area contributed by atoms with Gasteiger partial charge in [-0.3, -0.25) is 0 Å². The number of aryl methyl sites for hydroxylation is 2. The van der Waals surface area contributed by atoms with Gasteiger partial charge in [-0.05, 0) is 57.4 Å². The van der Waals surface area contributed by atoms with Crippen molar-refractivity contribution in [2.75, 3.05) is 7.11 Å². The molecule has 0 radical (unpaired) electrons. The summed E-state index contributed by atoms with van der Waals surface area (Å²) in [7, 11) is 1.63. The molecule has 206 valence electrons. The lowest BCUT2D eigenvalue weighted by atomic mass is 10.1. The van der Waals surface area contributed by atoms with Crippen molar-refractivity contribution in [3.05, 3.63) is 72.1 Å². The second-order valence-corrected chi connectivity index (χ2v) is 10.4. The molecule has 9 nitrogen and oxygen atoms in total. The molecule has 4 rings (SSSR count). The molecule has 4 aromatic rings. The number of alkyl carbamates (subject to hydrolysis) is 1. The maximum Gasteiger partial charge on any atom is 0.408 e. The third-order valence-corrected chi connectivity index (χ3v) is 6.30. The first kappa shape index (κ1) is 27.8. The molecular formula is C30H35N3O6. The summed E-state index contributed by atoms with van der Waals surface area (Å²) in [6.45, 7) is 5.96. The number of ether oxygens (including phenoxy) is 2. The number of carboxylic acid groups (broad SMARTS) is 1. The molecule has 2 heterocycles. The largest absolute Gasteiger partial charge is 0.496 e. The Morgan fingerprint density at radius 2 is 1.85 bits per heavy atom. The van der Waals surface area contributed by atoms with E-state index >= 15 is 0 Å². The molecule has 0 spiro atoms. The Morgan fingerprint density at radius 3 is 2.59 bits per heavy atom. The molecule has 0 saturated carbocycles. The van der Waals surface area contributed by atoms with Gasteiger partial charge < -0.3 is 29.0 Å². The zero-order valence-corrected chi connectivity index (χ0v) is 22.8. The fourth-order valence-corrected chi connectivity index (χ4v) is 4.54. The van der Waals surface area contributed by atoms with Crippen LogP contribution in [-0.2, 0) is 28.9 Å². The first-order valence-electron chi connectivity index (χ1n) is 13.0. The molecular weight excluding hydrogens is 498 g/mol. The van der Waals surface area contributed by atoms with Gasteiger partial charge in [0.15, 0.2) is 0 Å². The van der Waals surface area contributed by atoms with Gasteiger partial charge in [-0.25, -0.2) is 9.59 Å². The van der Waals surface area contributed by atoms with E-state index in [-0.39, 0.29) is 6.42 Å². The first-order valence-corrected chi connectivity index (χ1v) is 13.0. The highest BCUT2D eigenvalue weighted by Crippen LogP contribution is 2.29. The smallest absolute Gasteiger partial charge is 0.408 e. The van der Waals surface area contributed by atoms with Gasteiger partial charge in [0.1, 0.15) is 28.8 Å². The normalized spacial score (nSPS) is 12.3. The molecule has 0 aliphatic rings. The summed E-state index contributed by atoms with van der Waals surface area (Å²) >= 11 is 0. The average molecular weight is 534 g/mol. The van der Waals surface area contributed by atoms with Crippen molar-refractivity contribution in [1.29, 1.82) is 0 Å². The van der Waals surface area contributed by atoms with Crippen molar-refractivity contribution in [3.8, 4) is 17.0 Å². The van der Waals surface area contributed by atoms with E-state index in [0.29, 0.717) is 0 Å².